The summed E-state index contributed by atoms with van der Waals surface area (Å²) in [5.74, 6) is 0. The minimum Gasteiger partial charge on any atom is -0.379 e. The van der Waals surface area contributed by atoms with Gasteiger partial charge in [-0.2, -0.15) is 0 Å². The topological polar surface area (TPSA) is 18.5 Å². The highest BCUT2D eigenvalue weighted by atomic mass is 79.9. The number of benzene rings is 1. The maximum atomic E-state index is 5.79. The van der Waals surface area contributed by atoms with Crippen LogP contribution in [0, 0.1) is 6.92 Å². The van der Waals surface area contributed by atoms with Crippen LogP contribution >= 0.6 is 15.9 Å². The summed E-state index contributed by atoms with van der Waals surface area (Å²) >= 11 is 3.49. The van der Waals surface area contributed by atoms with Gasteiger partial charge in [0.25, 0.3) is 0 Å². The highest BCUT2D eigenvalue weighted by Gasteiger charge is 2.12. The lowest BCUT2D eigenvalue weighted by molar-refractivity contribution is 0.0169. The quantitative estimate of drug-likeness (QED) is 0.564. The van der Waals surface area contributed by atoms with Crippen LogP contribution < -0.4 is 0 Å². The zero-order valence-electron chi connectivity index (χ0n) is 9.91. The second kappa shape index (κ2) is 7.82. The van der Waals surface area contributed by atoms with Gasteiger partial charge in [0.15, 0.2) is 0 Å². The van der Waals surface area contributed by atoms with Gasteiger partial charge >= 0.3 is 0 Å². The van der Waals surface area contributed by atoms with E-state index in [1.54, 1.807) is 0 Å². The van der Waals surface area contributed by atoms with Crippen LogP contribution in [0.2, 0.25) is 0 Å². The molecule has 1 atom stereocenters. The average Bonchev–Trinajstić information content (AvgIpc) is 2.31. The first-order chi connectivity index (χ1) is 7.79. The van der Waals surface area contributed by atoms with E-state index in [9.17, 15) is 0 Å². The minimum atomic E-state index is 0.113. The molecule has 2 nitrogen and oxygen atoms in total. The van der Waals surface area contributed by atoms with Crippen molar-refractivity contribution in [2.24, 2.45) is 0 Å². The number of hydrogen-bond donors (Lipinski definition) is 0. The van der Waals surface area contributed by atoms with E-state index in [-0.39, 0.29) is 6.10 Å². The van der Waals surface area contributed by atoms with Gasteiger partial charge in [0.1, 0.15) is 0 Å². The Morgan fingerprint density at radius 3 is 2.62 bits per heavy atom. The summed E-state index contributed by atoms with van der Waals surface area (Å²) in [6, 6.07) is 8.31. The molecule has 0 saturated heterocycles. The molecule has 90 valence electrons. The highest BCUT2D eigenvalue weighted by molar-refractivity contribution is 9.09. The average molecular weight is 287 g/mol. The third kappa shape index (κ3) is 4.24. The molecule has 0 amide bonds. The number of halogens is 1. The molecule has 0 saturated carbocycles. The van der Waals surface area contributed by atoms with Gasteiger partial charge in [-0.25, -0.2) is 0 Å². The Balaban J connectivity index is 2.51. The molecule has 3 heteroatoms. The normalized spacial score (nSPS) is 12.7. The number of aryl methyl sites for hydroxylation is 1. The van der Waals surface area contributed by atoms with Crippen molar-refractivity contribution in [1.82, 2.24) is 0 Å². The Morgan fingerprint density at radius 1 is 1.25 bits per heavy atom. The van der Waals surface area contributed by atoms with E-state index in [1.807, 2.05) is 19.1 Å². The molecule has 0 spiro atoms. The molecular formula is C13H19BrO2. The van der Waals surface area contributed by atoms with Gasteiger partial charge in [0, 0.05) is 11.9 Å². The Labute approximate surface area is 106 Å². The summed E-state index contributed by atoms with van der Waals surface area (Å²) in [4.78, 5) is 0. The maximum Gasteiger partial charge on any atom is 0.0925 e. The van der Waals surface area contributed by atoms with Gasteiger partial charge < -0.3 is 9.47 Å². The van der Waals surface area contributed by atoms with E-state index < -0.39 is 0 Å². The monoisotopic (exact) mass is 286 g/mol. The maximum absolute atomic E-state index is 5.79. The number of rotatable bonds is 7. The van der Waals surface area contributed by atoms with Crippen molar-refractivity contribution >= 4 is 15.9 Å². The van der Waals surface area contributed by atoms with E-state index in [4.69, 9.17) is 9.47 Å². The van der Waals surface area contributed by atoms with Crippen molar-refractivity contribution in [3.05, 3.63) is 35.4 Å². The third-order valence-electron chi connectivity index (χ3n) is 2.43. The van der Waals surface area contributed by atoms with Gasteiger partial charge in [0.2, 0.25) is 0 Å². The molecule has 0 aliphatic carbocycles. The van der Waals surface area contributed by atoms with Crippen molar-refractivity contribution in [2.45, 2.75) is 20.0 Å². The van der Waals surface area contributed by atoms with Crippen molar-refractivity contribution in [1.29, 1.82) is 0 Å². The molecule has 0 aliphatic heterocycles. The SMILES string of the molecule is CCOCCOC(CBr)c1ccccc1C. The fourth-order valence-corrected chi connectivity index (χ4v) is 2.09. The van der Waals surface area contributed by atoms with Crippen molar-refractivity contribution in [3.8, 4) is 0 Å². The van der Waals surface area contributed by atoms with Crippen LogP contribution in [0.15, 0.2) is 24.3 Å². The molecule has 0 N–H and O–H groups in total. The van der Waals surface area contributed by atoms with E-state index in [1.165, 1.54) is 11.1 Å². The Kier molecular flexibility index (Phi) is 6.69. The fourth-order valence-electron chi connectivity index (χ4n) is 1.56. The molecule has 1 aromatic rings. The smallest absolute Gasteiger partial charge is 0.0925 e. The zero-order valence-corrected chi connectivity index (χ0v) is 11.5. The molecular weight excluding hydrogens is 268 g/mol. The largest absolute Gasteiger partial charge is 0.379 e. The zero-order chi connectivity index (χ0) is 11.8. The number of hydrogen-bond acceptors (Lipinski definition) is 2. The molecule has 0 aromatic heterocycles. The molecule has 1 unspecified atom stereocenters. The van der Waals surface area contributed by atoms with E-state index in [0.29, 0.717) is 13.2 Å². The van der Waals surface area contributed by atoms with Gasteiger partial charge in [-0.15, -0.1) is 0 Å². The fraction of sp³-hybridized carbons (Fsp3) is 0.538. The Morgan fingerprint density at radius 2 is 2.00 bits per heavy atom. The minimum absolute atomic E-state index is 0.113. The first-order valence-corrected chi connectivity index (χ1v) is 6.72. The summed E-state index contributed by atoms with van der Waals surface area (Å²) < 4.78 is 11.0. The first kappa shape index (κ1) is 13.7. The summed E-state index contributed by atoms with van der Waals surface area (Å²) in [7, 11) is 0. The lowest BCUT2D eigenvalue weighted by Gasteiger charge is -2.17. The Bertz CT molecular complexity index is 302. The van der Waals surface area contributed by atoms with E-state index >= 15 is 0 Å². The standard InChI is InChI=1S/C13H19BrO2/c1-3-15-8-9-16-13(10-14)12-7-5-4-6-11(12)2/h4-7,13H,3,8-10H2,1-2H3. The van der Waals surface area contributed by atoms with Crippen LogP contribution in [0.5, 0.6) is 0 Å². The molecule has 0 radical (unpaired) electrons. The predicted octanol–water partition coefficient (Wildman–Crippen LogP) is 3.48. The van der Waals surface area contributed by atoms with Crippen LogP contribution in [0.3, 0.4) is 0 Å². The van der Waals surface area contributed by atoms with E-state index in [2.05, 4.69) is 35.0 Å². The third-order valence-corrected chi connectivity index (χ3v) is 3.01. The van der Waals surface area contributed by atoms with Gasteiger partial charge in [-0.3, -0.25) is 0 Å². The van der Waals surface area contributed by atoms with Crippen LogP contribution in [-0.4, -0.2) is 25.2 Å². The van der Waals surface area contributed by atoms with E-state index in [0.717, 1.165) is 11.9 Å². The molecule has 0 bridgehead atoms. The van der Waals surface area contributed by atoms with Crippen molar-refractivity contribution < 1.29 is 9.47 Å². The van der Waals surface area contributed by atoms with Crippen LogP contribution in [0.25, 0.3) is 0 Å². The van der Waals surface area contributed by atoms with Crippen LogP contribution in [0.1, 0.15) is 24.2 Å². The van der Waals surface area contributed by atoms with Crippen molar-refractivity contribution in [2.75, 3.05) is 25.2 Å². The van der Waals surface area contributed by atoms with Crippen LogP contribution in [0.4, 0.5) is 0 Å². The van der Waals surface area contributed by atoms with Gasteiger partial charge in [-0.1, -0.05) is 40.2 Å². The molecule has 1 aromatic carbocycles. The molecule has 0 heterocycles. The van der Waals surface area contributed by atoms with Crippen LogP contribution in [-0.2, 0) is 9.47 Å². The molecule has 0 fully saturated rings. The lowest BCUT2D eigenvalue weighted by Crippen LogP contribution is -2.12. The summed E-state index contributed by atoms with van der Waals surface area (Å²) in [5.41, 5.74) is 2.51. The molecule has 0 aliphatic rings. The summed E-state index contributed by atoms with van der Waals surface area (Å²) in [6.07, 6.45) is 0.113. The lowest BCUT2D eigenvalue weighted by atomic mass is 10.0. The first-order valence-electron chi connectivity index (χ1n) is 5.60. The summed E-state index contributed by atoms with van der Waals surface area (Å²) in [5, 5.41) is 0.810. The molecule has 16 heavy (non-hydrogen) atoms. The highest BCUT2D eigenvalue weighted by Crippen LogP contribution is 2.22. The number of ether oxygens (including phenoxy) is 2. The predicted molar refractivity (Wildman–Crippen MR) is 70.2 cm³/mol. The second-order valence-electron chi connectivity index (χ2n) is 3.57. The van der Waals surface area contributed by atoms with Crippen molar-refractivity contribution in [3.63, 3.8) is 0 Å². The number of alkyl halides is 1. The van der Waals surface area contributed by atoms with Gasteiger partial charge in [-0.05, 0) is 25.0 Å². The Hall–Kier alpha value is -0.380. The molecule has 1 rings (SSSR count). The summed E-state index contributed by atoms with van der Waals surface area (Å²) in [6.45, 7) is 6.14. The second-order valence-corrected chi connectivity index (χ2v) is 4.21. The van der Waals surface area contributed by atoms with Gasteiger partial charge in [0.05, 0.1) is 19.3 Å².